The van der Waals surface area contributed by atoms with E-state index in [4.69, 9.17) is 0 Å². The molecule has 2 rings (SSSR count). The molecule has 2 heteroatoms. The Morgan fingerprint density at radius 3 is 2.80 bits per heavy atom. The molecule has 78 valence electrons. The van der Waals surface area contributed by atoms with Crippen molar-refractivity contribution in [3.8, 4) is 0 Å². The molecule has 1 aromatic carbocycles. The quantitative estimate of drug-likeness (QED) is 0.767. The van der Waals surface area contributed by atoms with Crippen LogP contribution in [0.4, 0.5) is 0 Å². The molecule has 0 radical (unpaired) electrons. The standard InChI is InChI=1S/C13H15NS/c1-2-5-13(15)12-9-8-10-6-3-4-7-11(10)14-12/h3-4,6-9,13,15H,2,5H2,1H3. The Hall–Kier alpha value is -1.02. The average molecular weight is 217 g/mol. The minimum atomic E-state index is 0.264. The molecule has 15 heavy (non-hydrogen) atoms. The molecule has 0 bridgehead atoms. The van der Waals surface area contributed by atoms with Gasteiger partial charge in [0.05, 0.1) is 11.2 Å². The van der Waals surface area contributed by atoms with Gasteiger partial charge in [-0.1, -0.05) is 37.6 Å². The van der Waals surface area contributed by atoms with Crippen LogP contribution in [0.5, 0.6) is 0 Å². The van der Waals surface area contributed by atoms with E-state index in [0.717, 1.165) is 24.1 Å². The zero-order chi connectivity index (χ0) is 10.7. The SMILES string of the molecule is CCCC(S)c1ccc2ccccc2n1. The highest BCUT2D eigenvalue weighted by Crippen LogP contribution is 2.24. The van der Waals surface area contributed by atoms with Crippen LogP contribution >= 0.6 is 12.6 Å². The Morgan fingerprint density at radius 2 is 2.00 bits per heavy atom. The van der Waals surface area contributed by atoms with Crippen molar-refractivity contribution in [3.63, 3.8) is 0 Å². The maximum Gasteiger partial charge on any atom is 0.0705 e. The van der Waals surface area contributed by atoms with Crippen molar-refractivity contribution in [2.45, 2.75) is 25.0 Å². The number of rotatable bonds is 3. The van der Waals surface area contributed by atoms with E-state index in [1.807, 2.05) is 18.2 Å². The number of nitrogens with zero attached hydrogens (tertiary/aromatic N) is 1. The summed E-state index contributed by atoms with van der Waals surface area (Å²) in [5, 5.41) is 1.46. The molecule has 1 aromatic heterocycles. The van der Waals surface area contributed by atoms with Gasteiger partial charge in [-0.25, -0.2) is 0 Å². The fraction of sp³-hybridized carbons (Fsp3) is 0.308. The molecule has 0 saturated carbocycles. The summed E-state index contributed by atoms with van der Waals surface area (Å²) in [6.07, 6.45) is 2.22. The number of pyridine rings is 1. The van der Waals surface area contributed by atoms with E-state index in [1.165, 1.54) is 5.39 Å². The van der Waals surface area contributed by atoms with Gasteiger partial charge in [-0.3, -0.25) is 4.98 Å². The highest BCUT2D eigenvalue weighted by Gasteiger charge is 2.06. The molecule has 0 aliphatic carbocycles. The van der Waals surface area contributed by atoms with Gasteiger partial charge in [-0.05, 0) is 18.6 Å². The number of thiol groups is 1. The summed E-state index contributed by atoms with van der Waals surface area (Å²) in [5.74, 6) is 0. The summed E-state index contributed by atoms with van der Waals surface area (Å²) in [5.41, 5.74) is 2.14. The molecule has 1 atom stereocenters. The second-order valence-corrected chi connectivity index (χ2v) is 4.36. The first-order valence-electron chi connectivity index (χ1n) is 5.35. The maximum absolute atomic E-state index is 4.62. The maximum atomic E-state index is 4.62. The van der Waals surface area contributed by atoms with Gasteiger partial charge in [0.25, 0.3) is 0 Å². The molecule has 0 amide bonds. The number of aromatic nitrogens is 1. The smallest absolute Gasteiger partial charge is 0.0705 e. The van der Waals surface area contributed by atoms with Gasteiger partial charge in [0, 0.05) is 10.6 Å². The van der Waals surface area contributed by atoms with E-state index in [9.17, 15) is 0 Å². The Bertz CT molecular complexity index is 453. The molecule has 1 unspecified atom stereocenters. The normalized spacial score (nSPS) is 12.9. The predicted octanol–water partition coefficient (Wildman–Crippen LogP) is 4.01. The minimum Gasteiger partial charge on any atom is -0.252 e. The third-order valence-corrected chi connectivity index (χ3v) is 3.05. The van der Waals surface area contributed by atoms with E-state index in [1.54, 1.807) is 0 Å². The van der Waals surface area contributed by atoms with Crippen LogP contribution in [-0.4, -0.2) is 4.98 Å². The summed E-state index contributed by atoms with van der Waals surface area (Å²) in [7, 11) is 0. The van der Waals surface area contributed by atoms with E-state index in [0.29, 0.717) is 0 Å². The van der Waals surface area contributed by atoms with Crippen LogP contribution < -0.4 is 0 Å². The lowest BCUT2D eigenvalue weighted by Gasteiger charge is -2.09. The van der Waals surface area contributed by atoms with Gasteiger partial charge < -0.3 is 0 Å². The summed E-state index contributed by atoms with van der Waals surface area (Å²) in [6, 6.07) is 12.4. The van der Waals surface area contributed by atoms with Crippen molar-refractivity contribution < 1.29 is 0 Å². The first-order valence-corrected chi connectivity index (χ1v) is 5.86. The van der Waals surface area contributed by atoms with Gasteiger partial charge >= 0.3 is 0 Å². The molecule has 1 heterocycles. The molecule has 0 spiro atoms. The Kier molecular flexibility index (Phi) is 3.27. The Labute approximate surface area is 95.9 Å². The van der Waals surface area contributed by atoms with Gasteiger partial charge in [-0.15, -0.1) is 0 Å². The van der Waals surface area contributed by atoms with E-state index >= 15 is 0 Å². The zero-order valence-corrected chi connectivity index (χ0v) is 9.74. The van der Waals surface area contributed by atoms with Crippen LogP contribution in [0.1, 0.15) is 30.7 Å². The Morgan fingerprint density at radius 1 is 1.20 bits per heavy atom. The largest absolute Gasteiger partial charge is 0.252 e. The van der Waals surface area contributed by atoms with Crippen molar-refractivity contribution >= 4 is 23.5 Å². The second kappa shape index (κ2) is 4.67. The van der Waals surface area contributed by atoms with Gasteiger partial charge in [0.2, 0.25) is 0 Å². The molecular formula is C13H15NS. The molecule has 0 fully saturated rings. The average Bonchev–Trinajstić information content (AvgIpc) is 2.29. The van der Waals surface area contributed by atoms with Crippen LogP contribution in [0.3, 0.4) is 0 Å². The molecular weight excluding hydrogens is 202 g/mol. The zero-order valence-electron chi connectivity index (χ0n) is 8.85. The molecule has 2 aromatic rings. The summed E-state index contributed by atoms with van der Waals surface area (Å²) in [4.78, 5) is 4.62. The van der Waals surface area contributed by atoms with Crippen molar-refractivity contribution in [2.24, 2.45) is 0 Å². The fourth-order valence-electron chi connectivity index (χ4n) is 1.69. The molecule has 1 nitrogen and oxygen atoms in total. The van der Waals surface area contributed by atoms with Crippen molar-refractivity contribution in [2.75, 3.05) is 0 Å². The molecule has 0 aliphatic heterocycles. The minimum absolute atomic E-state index is 0.264. The summed E-state index contributed by atoms with van der Waals surface area (Å²) < 4.78 is 0. The lowest BCUT2D eigenvalue weighted by molar-refractivity contribution is 0.767. The monoisotopic (exact) mass is 217 g/mol. The van der Waals surface area contributed by atoms with E-state index in [-0.39, 0.29) is 5.25 Å². The van der Waals surface area contributed by atoms with Gasteiger partial charge in [0.15, 0.2) is 0 Å². The highest BCUT2D eigenvalue weighted by molar-refractivity contribution is 7.80. The topological polar surface area (TPSA) is 12.9 Å². The first kappa shape index (κ1) is 10.5. The highest BCUT2D eigenvalue weighted by atomic mass is 32.1. The second-order valence-electron chi connectivity index (χ2n) is 3.73. The lowest BCUT2D eigenvalue weighted by Crippen LogP contribution is -1.94. The molecule has 0 aliphatic rings. The number of hydrogen-bond acceptors (Lipinski definition) is 2. The number of benzene rings is 1. The van der Waals surface area contributed by atoms with Crippen molar-refractivity contribution in [3.05, 3.63) is 42.1 Å². The van der Waals surface area contributed by atoms with Crippen LogP contribution in [0.15, 0.2) is 36.4 Å². The van der Waals surface area contributed by atoms with Crippen LogP contribution in [0.2, 0.25) is 0 Å². The number of hydrogen-bond donors (Lipinski definition) is 1. The lowest BCUT2D eigenvalue weighted by atomic mass is 10.1. The first-order chi connectivity index (χ1) is 7.31. The summed E-state index contributed by atoms with van der Waals surface area (Å²) >= 11 is 4.56. The van der Waals surface area contributed by atoms with Crippen LogP contribution in [0, 0.1) is 0 Å². The van der Waals surface area contributed by atoms with Crippen molar-refractivity contribution in [1.29, 1.82) is 0 Å². The fourth-order valence-corrected chi connectivity index (χ4v) is 2.09. The van der Waals surface area contributed by atoms with Crippen molar-refractivity contribution in [1.82, 2.24) is 4.98 Å². The van der Waals surface area contributed by atoms with Crippen LogP contribution in [0.25, 0.3) is 10.9 Å². The third kappa shape index (κ3) is 2.32. The van der Waals surface area contributed by atoms with E-state index < -0.39 is 0 Å². The third-order valence-electron chi connectivity index (χ3n) is 2.52. The van der Waals surface area contributed by atoms with Gasteiger partial charge in [0.1, 0.15) is 0 Å². The Balaban J connectivity index is 2.38. The molecule has 0 saturated heterocycles. The molecule has 0 N–H and O–H groups in total. The number of para-hydroxylation sites is 1. The van der Waals surface area contributed by atoms with E-state index in [2.05, 4.69) is 42.7 Å². The predicted molar refractivity (Wildman–Crippen MR) is 68.4 cm³/mol. The summed E-state index contributed by atoms with van der Waals surface area (Å²) in [6.45, 7) is 2.17. The van der Waals surface area contributed by atoms with Gasteiger partial charge in [-0.2, -0.15) is 12.6 Å². The van der Waals surface area contributed by atoms with Crippen LogP contribution in [-0.2, 0) is 0 Å². The number of fused-ring (bicyclic) bond motifs is 1.